The molecule has 0 spiro atoms. The summed E-state index contributed by atoms with van der Waals surface area (Å²) in [4.78, 5) is 37.0. The van der Waals surface area contributed by atoms with E-state index >= 15 is 0 Å². The molecular weight excluding hydrogens is 811 g/mol. The number of carbonyl (C=O) groups excluding carboxylic acids is 3. The second kappa shape index (κ2) is 46.8. The van der Waals surface area contributed by atoms with Crippen LogP contribution in [0.25, 0.3) is 0 Å². The summed E-state index contributed by atoms with van der Waals surface area (Å²) >= 11 is 0. The number of quaternary nitrogens is 1. The van der Waals surface area contributed by atoms with Gasteiger partial charge < -0.3 is 28.6 Å². The van der Waals surface area contributed by atoms with Crippen LogP contribution in [0.1, 0.15) is 194 Å². The van der Waals surface area contributed by atoms with Crippen LogP contribution in [0.2, 0.25) is 0 Å². The third-order valence-corrected chi connectivity index (χ3v) is 11.0. The molecule has 0 fully saturated rings. The summed E-state index contributed by atoms with van der Waals surface area (Å²) in [6.45, 7) is 4.47. The van der Waals surface area contributed by atoms with Crippen molar-refractivity contribution in [1.82, 2.24) is 0 Å². The zero-order valence-electron chi connectivity index (χ0n) is 42.1. The average molecular weight is 906 g/mol. The molecule has 8 heteroatoms. The molecular formula is C57H95NO7. The Labute approximate surface area is 398 Å². The number of allylic oxidation sites excluding steroid dienone is 16. The van der Waals surface area contributed by atoms with Crippen molar-refractivity contribution < 1.29 is 38.2 Å². The average Bonchev–Trinajstić information content (AvgIpc) is 3.27. The SMILES string of the molecule is CC/C=C/C/C=C/C/C=C/CCCCCCCCCCCCC(=O)OCC(COCCC(C(=O)[O-])[N+](C)(C)C)OC(=O)CCCC/C=C/C/C=C/C/C=C/C/C=C/C/C=C/CCCCC. The summed E-state index contributed by atoms with van der Waals surface area (Å²) in [5, 5.41) is 11.7. The van der Waals surface area contributed by atoms with Gasteiger partial charge in [-0.15, -0.1) is 0 Å². The van der Waals surface area contributed by atoms with Crippen molar-refractivity contribution in [1.29, 1.82) is 0 Å². The van der Waals surface area contributed by atoms with Crippen molar-refractivity contribution in [3.8, 4) is 0 Å². The minimum Gasteiger partial charge on any atom is -0.544 e. The fraction of sp³-hybridized carbons (Fsp3) is 0.667. The monoisotopic (exact) mass is 906 g/mol. The number of aliphatic carboxylic acids is 1. The highest BCUT2D eigenvalue weighted by atomic mass is 16.6. The fourth-order valence-electron chi connectivity index (χ4n) is 6.99. The predicted molar refractivity (Wildman–Crippen MR) is 272 cm³/mol. The smallest absolute Gasteiger partial charge is 0.306 e. The van der Waals surface area contributed by atoms with E-state index in [1.807, 2.05) is 0 Å². The summed E-state index contributed by atoms with van der Waals surface area (Å²) in [6, 6.07) is -0.741. The molecule has 0 N–H and O–H groups in total. The number of carboxylic acids is 1. The van der Waals surface area contributed by atoms with Crippen LogP contribution < -0.4 is 5.11 Å². The van der Waals surface area contributed by atoms with Crippen LogP contribution in [-0.4, -0.2) is 75.5 Å². The molecule has 0 aromatic carbocycles. The van der Waals surface area contributed by atoms with Crippen LogP contribution in [0.4, 0.5) is 0 Å². The maximum Gasteiger partial charge on any atom is 0.306 e. The fourth-order valence-corrected chi connectivity index (χ4v) is 6.99. The Morgan fingerprint density at radius 1 is 0.477 bits per heavy atom. The lowest BCUT2D eigenvalue weighted by Gasteiger charge is -2.34. The van der Waals surface area contributed by atoms with Crippen molar-refractivity contribution in [2.75, 3.05) is 41.0 Å². The van der Waals surface area contributed by atoms with Gasteiger partial charge in [-0.3, -0.25) is 9.59 Å². The number of hydrogen-bond donors (Lipinski definition) is 0. The highest BCUT2D eigenvalue weighted by Gasteiger charge is 2.25. The number of ether oxygens (including phenoxy) is 3. The lowest BCUT2D eigenvalue weighted by atomic mass is 10.1. The highest BCUT2D eigenvalue weighted by Crippen LogP contribution is 2.14. The first kappa shape index (κ1) is 61.2. The van der Waals surface area contributed by atoms with E-state index in [0.717, 1.165) is 77.0 Å². The van der Waals surface area contributed by atoms with Gasteiger partial charge in [-0.25, -0.2) is 0 Å². The molecule has 370 valence electrons. The van der Waals surface area contributed by atoms with E-state index in [4.69, 9.17) is 14.2 Å². The number of carboxylic acid groups (broad SMARTS) is 1. The molecule has 0 aromatic heterocycles. The molecule has 2 atom stereocenters. The number of carbonyl (C=O) groups is 3. The molecule has 65 heavy (non-hydrogen) atoms. The van der Waals surface area contributed by atoms with Gasteiger partial charge in [0, 0.05) is 19.3 Å². The van der Waals surface area contributed by atoms with E-state index in [2.05, 4.69) is 111 Å². The van der Waals surface area contributed by atoms with Crippen LogP contribution in [0.15, 0.2) is 97.2 Å². The summed E-state index contributed by atoms with van der Waals surface area (Å²) in [5.41, 5.74) is 0. The predicted octanol–water partition coefficient (Wildman–Crippen LogP) is 13.7. The van der Waals surface area contributed by atoms with Gasteiger partial charge in [-0.05, 0) is 96.3 Å². The van der Waals surface area contributed by atoms with Crippen molar-refractivity contribution in [2.45, 2.75) is 206 Å². The lowest BCUT2D eigenvalue weighted by molar-refractivity contribution is -0.889. The molecule has 0 bridgehead atoms. The molecule has 2 unspecified atom stereocenters. The molecule has 0 rings (SSSR count). The third kappa shape index (κ3) is 45.2. The van der Waals surface area contributed by atoms with E-state index in [9.17, 15) is 19.5 Å². The number of esters is 2. The number of hydrogen-bond acceptors (Lipinski definition) is 7. The van der Waals surface area contributed by atoms with Crippen LogP contribution in [-0.2, 0) is 28.6 Å². The van der Waals surface area contributed by atoms with Crippen molar-refractivity contribution in [2.24, 2.45) is 0 Å². The molecule has 0 heterocycles. The Morgan fingerprint density at radius 3 is 1.31 bits per heavy atom. The van der Waals surface area contributed by atoms with Gasteiger partial charge in [0.15, 0.2) is 6.10 Å². The first-order valence-corrected chi connectivity index (χ1v) is 25.8. The van der Waals surface area contributed by atoms with Crippen molar-refractivity contribution >= 4 is 17.9 Å². The quantitative estimate of drug-likeness (QED) is 0.0259. The molecule has 0 saturated heterocycles. The highest BCUT2D eigenvalue weighted by molar-refractivity contribution is 5.70. The molecule has 8 nitrogen and oxygen atoms in total. The molecule has 0 aliphatic rings. The Hall–Kier alpha value is -3.75. The van der Waals surface area contributed by atoms with Crippen molar-refractivity contribution in [3.63, 3.8) is 0 Å². The zero-order chi connectivity index (χ0) is 47.7. The molecule has 0 aromatic rings. The van der Waals surface area contributed by atoms with Crippen LogP contribution in [0, 0.1) is 0 Å². The van der Waals surface area contributed by atoms with Crippen LogP contribution in [0.5, 0.6) is 0 Å². The van der Waals surface area contributed by atoms with Gasteiger partial charge in [0.2, 0.25) is 0 Å². The number of nitrogens with zero attached hydrogens (tertiary/aromatic N) is 1. The van der Waals surface area contributed by atoms with Crippen LogP contribution >= 0.6 is 0 Å². The second-order valence-electron chi connectivity index (χ2n) is 18.0. The zero-order valence-corrected chi connectivity index (χ0v) is 42.1. The van der Waals surface area contributed by atoms with Crippen molar-refractivity contribution in [3.05, 3.63) is 97.2 Å². The van der Waals surface area contributed by atoms with E-state index in [0.29, 0.717) is 12.8 Å². The van der Waals surface area contributed by atoms with Gasteiger partial charge in [0.05, 0.1) is 40.3 Å². The Morgan fingerprint density at radius 2 is 0.862 bits per heavy atom. The first-order valence-electron chi connectivity index (χ1n) is 25.8. The Balaban J connectivity index is 4.35. The summed E-state index contributed by atoms with van der Waals surface area (Å²) in [5.74, 6) is -1.80. The molecule has 0 aliphatic carbocycles. The van der Waals surface area contributed by atoms with E-state index < -0.39 is 18.1 Å². The lowest BCUT2D eigenvalue weighted by Crippen LogP contribution is -2.55. The minimum atomic E-state index is -1.14. The van der Waals surface area contributed by atoms with Gasteiger partial charge >= 0.3 is 11.9 Å². The summed E-state index contributed by atoms with van der Waals surface area (Å²) in [7, 11) is 5.39. The van der Waals surface area contributed by atoms with Crippen LogP contribution in [0.3, 0.4) is 0 Å². The maximum atomic E-state index is 12.8. The molecule has 0 amide bonds. The van der Waals surface area contributed by atoms with Gasteiger partial charge in [-0.2, -0.15) is 0 Å². The number of likely N-dealkylation sites (N-methyl/N-ethyl adjacent to an activating group) is 1. The largest absolute Gasteiger partial charge is 0.544 e. The van der Waals surface area contributed by atoms with Gasteiger partial charge in [-0.1, -0.05) is 175 Å². The molecule has 0 radical (unpaired) electrons. The normalized spacial score (nSPS) is 13.7. The molecule has 0 saturated carbocycles. The first-order chi connectivity index (χ1) is 31.6. The topological polar surface area (TPSA) is 102 Å². The standard InChI is InChI=1S/C57H95NO7/c1-6-8-10-12-14-16-18-20-22-24-26-28-30-32-34-36-38-40-42-44-46-48-56(60)65-53(51-63-50-49-54(57(61)62)58(3,4)5)52-64-55(59)47-45-43-41-39-37-35-33-31-29-27-25-23-21-19-17-15-13-11-9-7-2/h9,11,14-17,20-23,26,28,32,34,38,40,53-54H,6-8,10,12-13,18-19,24-25,27,29-31,33,35-37,39,41-52H2,1-5H3/b11-9+,16-14+,17-15+,22-20+,23-21+,28-26+,34-32+,40-38+. The maximum absolute atomic E-state index is 12.8. The van der Waals surface area contributed by atoms with E-state index in [1.165, 1.54) is 77.0 Å². The number of rotatable bonds is 45. The van der Waals surface area contributed by atoms with E-state index in [-0.39, 0.29) is 49.1 Å². The van der Waals surface area contributed by atoms with Gasteiger partial charge in [0.25, 0.3) is 0 Å². The second-order valence-corrected chi connectivity index (χ2v) is 18.0. The minimum absolute atomic E-state index is 0.0165. The summed E-state index contributed by atoms with van der Waals surface area (Å²) < 4.78 is 17.2. The van der Waals surface area contributed by atoms with Gasteiger partial charge in [0.1, 0.15) is 12.6 Å². The van der Waals surface area contributed by atoms with E-state index in [1.54, 1.807) is 21.1 Å². The summed E-state index contributed by atoms with van der Waals surface area (Å²) in [6.07, 6.45) is 62.9. The number of unbranched alkanes of at least 4 members (excludes halogenated alkanes) is 15. The Bertz CT molecular complexity index is 1380. The third-order valence-electron chi connectivity index (χ3n) is 11.0. The Kier molecular flexibility index (Phi) is 44.1. The molecule has 0 aliphatic heterocycles.